The van der Waals surface area contributed by atoms with Gasteiger partial charge in [0, 0.05) is 19.8 Å². The number of hydrogen-bond acceptors (Lipinski definition) is 6. The maximum absolute atomic E-state index is 12.4. The second-order valence-electron chi connectivity index (χ2n) is 5.82. The standard InChI is InChI=1S/C16H18ClN5O4/c1-20-14-13(15(24)21(2)16(20)25)22(8-18-14)7-12(23)19-9-4-5-11(26-3)10(17)6-9/h4-6,8,16,25H,7H2,1-3H3,(H,19,23). The van der Waals surface area contributed by atoms with Gasteiger partial charge in [0.2, 0.25) is 12.3 Å². The van der Waals surface area contributed by atoms with Crippen molar-refractivity contribution in [2.75, 3.05) is 31.4 Å². The normalized spacial score (nSPS) is 16.5. The monoisotopic (exact) mass is 379 g/mol. The van der Waals surface area contributed by atoms with E-state index in [1.807, 2.05) is 0 Å². The number of ether oxygens (including phenoxy) is 1. The Bertz CT molecular complexity index is 868. The molecule has 0 saturated carbocycles. The van der Waals surface area contributed by atoms with E-state index in [2.05, 4.69) is 10.3 Å². The molecule has 0 fully saturated rings. The maximum Gasteiger partial charge on any atom is 0.277 e. The molecule has 0 radical (unpaired) electrons. The Balaban J connectivity index is 1.78. The molecule has 0 spiro atoms. The molecule has 2 N–H and O–H groups in total. The molecule has 1 aliphatic heterocycles. The molecule has 0 bridgehead atoms. The fourth-order valence-corrected chi connectivity index (χ4v) is 2.97. The van der Waals surface area contributed by atoms with Crippen LogP contribution < -0.4 is 15.0 Å². The van der Waals surface area contributed by atoms with Gasteiger partial charge in [0.1, 0.15) is 12.3 Å². The topological polar surface area (TPSA) is 99.9 Å². The van der Waals surface area contributed by atoms with Gasteiger partial charge in [0.25, 0.3) is 5.91 Å². The number of carbonyl (C=O) groups is 2. The van der Waals surface area contributed by atoms with Crippen LogP contribution in [0.5, 0.6) is 5.75 Å². The van der Waals surface area contributed by atoms with Crippen molar-refractivity contribution in [3.63, 3.8) is 0 Å². The Hall–Kier alpha value is -2.78. The second-order valence-corrected chi connectivity index (χ2v) is 6.22. The lowest BCUT2D eigenvalue weighted by atomic mass is 10.2. The van der Waals surface area contributed by atoms with Crippen LogP contribution in [0.1, 0.15) is 10.5 Å². The number of halogens is 1. The van der Waals surface area contributed by atoms with Gasteiger partial charge < -0.3 is 24.6 Å². The highest BCUT2D eigenvalue weighted by molar-refractivity contribution is 6.32. The van der Waals surface area contributed by atoms with Crippen molar-refractivity contribution in [2.45, 2.75) is 12.9 Å². The molecule has 1 aromatic heterocycles. The Morgan fingerprint density at radius 1 is 1.38 bits per heavy atom. The number of methoxy groups -OCH3 is 1. The van der Waals surface area contributed by atoms with Gasteiger partial charge in [-0.25, -0.2) is 4.98 Å². The van der Waals surface area contributed by atoms with Crippen molar-refractivity contribution < 1.29 is 19.4 Å². The van der Waals surface area contributed by atoms with Crippen LogP contribution in [0.25, 0.3) is 0 Å². The largest absolute Gasteiger partial charge is 0.495 e. The number of nitrogens with one attached hydrogen (secondary N) is 1. The average molecular weight is 380 g/mol. The molecule has 26 heavy (non-hydrogen) atoms. The quantitative estimate of drug-likeness (QED) is 0.821. The first-order valence-corrected chi connectivity index (χ1v) is 8.08. The van der Waals surface area contributed by atoms with Gasteiger partial charge in [-0.15, -0.1) is 0 Å². The molecule has 10 heteroatoms. The molecule has 138 valence electrons. The molecule has 1 aromatic carbocycles. The number of hydrogen-bond donors (Lipinski definition) is 2. The second kappa shape index (κ2) is 6.85. The number of rotatable bonds is 4. The number of imidazole rings is 1. The number of carbonyl (C=O) groups excluding carboxylic acids is 2. The van der Waals surface area contributed by atoms with E-state index in [1.54, 1.807) is 25.2 Å². The number of aliphatic hydroxyl groups is 1. The summed E-state index contributed by atoms with van der Waals surface area (Å²) in [5, 5.41) is 13.1. The zero-order valence-electron chi connectivity index (χ0n) is 14.4. The Labute approximate surface area is 154 Å². The lowest BCUT2D eigenvalue weighted by molar-refractivity contribution is -0.116. The van der Waals surface area contributed by atoms with Gasteiger partial charge in [-0.05, 0) is 18.2 Å². The van der Waals surface area contributed by atoms with Crippen molar-refractivity contribution in [1.29, 1.82) is 0 Å². The number of aromatic nitrogens is 2. The van der Waals surface area contributed by atoms with Crippen molar-refractivity contribution >= 4 is 34.9 Å². The molecule has 9 nitrogen and oxygen atoms in total. The zero-order chi connectivity index (χ0) is 19.0. The summed E-state index contributed by atoms with van der Waals surface area (Å²) in [6.45, 7) is -0.116. The van der Waals surface area contributed by atoms with Crippen molar-refractivity contribution in [1.82, 2.24) is 14.5 Å². The van der Waals surface area contributed by atoms with Crippen LogP contribution in [-0.4, -0.2) is 58.9 Å². The van der Waals surface area contributed by atoms with E-state index in [0.717, 1.165) is 0 Å². The minimum absolute atomic E-state index is 0.116. The van der Waals surface area contributed by atoms with Gasteiger partial charge >= 0.3 is 0 Å². The third-order valence-corrected chi connectivity index (χ3v) is 4.41. The Kier molecular flexibility index (Phi) is 4.75. The number of nitrogens with zero attached hydrogens (tertiary/aromatic N) is 4. The van der Waals surface area contributed by atoms with E-state index in [4.69, 9.17) is 16.3 Å². The molecule has 1 unspecified atom stereocenters. The van der Waals surface area contributed by atoms with Gasteiger partial charge in [-0.1, -0.05) is 11.6 Å². The molecule has 0 saturated heterocycles. The summed E-state index contributed by atoms with van der Waals surface area (Å²) in [7, 11) is 4.59. The van der Waals surface area contributed by atoms with Gasteiger partial charge in [-0.3, -0.25) is 14.5 Å². The molecule has 2 aromatic rings. The molecule has 0 aliphatic carbocycles. The summed E-state index contributed by atoms with van der Waals surface area (Å²) in [4.78, 5) is 31.5. The van der Waals surface area contributed by atoms with E-state index >= 15 is 0 Å². The van der Waals surface area contributed by atoms with Gasteiger partial charge in [0.05, 0.1) is 18.5 Å². The molecule has 3 rings (SSSR count). The highest BCUT2D eigenvalue weighted by Crippen LogP contribution is 2.28. The van der Waals surface area contributed by atoms with E-state index in [1.165, 1.54) is 34.9 Å². The Morgan fingerprint density at radius 2 is 2.12 bits per heavy atom. The summed E-state index contributed by atoms with van der Waals surface area (Å²) >= 11 is 6.04. The molecule has 1 atom stereocenters. The van der Waals surface area contributed by atoms with Crippen LogP contribution in [-0.2, 0) is 11.3 Å². The van der Waals surface area contributed by atoms with Crippen LogP contribution in [0, 0.1) is 0 Å². The van der Waals surface area contributed by atoms with Gasteiger partial charge in [-0.2, -0.15) is 0 Å². The van der Waals surface area contributed by atoms with Crippen LogP contribution in [0.4, 0.5) is 11.5 Å². The van der Waals surface area contributed by atoms with Gasteiger partial charge in [0.15, 0.2) is 11.5 Å². The SMILES string of the molecule is COc1ccc(NC(=O)Cn2cnc3c2C(=O)N(C)C(O)N3C)cc1Cl. The molecule has 1 aliphatic rings. The smallest absolute Gasteiger partial charge is 0.277 e. The third kappa shape index (κ3) is 3.06. The minimum Gasteiger partial charge on any atom is -0.495 e. The van der Waals surface area contributed by atoms with E-state index in [0.29, 0.717) is 22.3 Å². The van der Waals surface area contributed by atoms with Crippen molar-refractivity contribution in [3.8, 4) is 5.75 Å². The number of aliphatic hydroxyl groups excluding tert-OH is 1. The first-order chi connectivity index (χ1) is 12.3. The highest BCUT2D eigenvalue weighted by Gasteiger charge is 2.36. The summed E-state index contributed by atoms with van der Waals surface area (Å²) in [5.74, 6) is 0.0588. The highest BCUT2D eigenvalue weighted by atomic mass is 35.5. The minimum atomic E-state index is -1.10. The summed E-state index contributed by atoms with van der Waals surface area (Å²) in [6.07, 6.45) is 0.291. The van der Waals surface area contributed by atoms with Crippen LogP contribution in [0.15, 0.2) is 24.5 Å². The number of amides is 2. The van der Waals surface area contributed by atoms with E-state index < -0.39 is 12.3 Å². The number of benzene rings is 1. The average Bonchev–Trinajstić information content (AvgIpc) is 3.01. The zero-order valence-corrected chi connectivity index (χ0v) is 15.2. The number of anilines is 2. The third-order valence-electron chi connectivity index (χ3n) is 4.12. The Morgan fingerprint density at radius 3 is 2.77 bits per heavy atom. The maximum atomic E-state index is 12.4. The van der Waals surface area contributed by atoms with E-state index in [9.17, 15) is 14.7 Å². The first-order valence-electron chi connectivity index (χ1n) is 7.70. The predicted octanol–water partition coefficient (Wildman–Crippen LogP) is 0.981. The lowest BCUT2D eigenvalue weighted by Crippen LogP contribution is -2.52. The van der Waals surface area contributed by atoms with Crippen LogP contribution in [0.3, 0.4) is 0 Å². The summed E-state index contributed by atoms with van der Waals surface area (Å²) < 4.78 is 6.51. The fraction of sp³-hybridized carbons (Fsp3) is 0.312. The van der Waals surface area contributed by atoms with Crippen molar-refractivity contribution in [3.05, 3.63) is 35.2 Å². The summed E-state index contributed by atoms with van der Waals surface area (Å²) in [5.41, 5.74) is 0.744. The van der Waals surface area contributed by atoms with Crippen LogP contribution in [0.2, 0.25) is 5.02 Å². The first kappa shape index (κ1) is 18.0. The predicted molar refractivity (Wildman–Crippen MR) is 95.4 cm³/mol. The number of fused-ring (bicyclic) bond motifs is 1. The van der Waals surface area contributed by atoms with Crippen LogP contribution >= 0.6 is 11.6 Å². The van der Waals surface area contributed by atoms with E-state index in [-0.39, 0.29) is 18.1 Å². The molecule has 2 heterocycles. The fourth-order valence-electron chi connectivity index (χ4n) is 2.71. The molecule has 2 amide bonds. The summed E-state index contributed by atoms with van der Waals surface area (Å²) in [6, 6.07) is 4.88. The molecular weight excluding hydrogens is 362 g/mol. The van der Waals surface area contributed by atoms with Crippen molar-refractivity contribution in [2.24, 2.45) is 0 Å². The lowest BCUT2D eigenvalue weighted by Gasteiger charge is -2.36. The molecular formula is C16H18ClN5O4.